The van der Waals surface area contributed by atoms with Crippen LogP contribution in [0.5, 0.6) is 0 Å². The minimum Gasteiger partial charge on any atom is -0.393 e. The smallest absolute Gasteiger partial charge is 0.0546 e. The molecule has 2 fully saturated rings. The van der Waals surface area contributed by atoms with E-state index in [9.17, 15) is 5.11 Å². The van der Waals surface area contributed by atoms with Gasteiger partial charge in [0.1, 0.15) is 0 Å². The van der Waals surface area contributed by atoms with Gasteiger partial charge in [-0.05, 0) is 63.7 Å². The SMILES string of the molecule is CN1CCCC1CC1=CPC2CCC(O)CC12. The standard InChI is InChI=1S/C14H24NOP/c1-15-6-2-3-11(15)7-10-9-17-14-5-4-12(16)8-13(10)14/h9,11-14,16-17H,2-8H2,1H3. The monoisotopic (exact) mass is 253 g/mol. The van der Waals surface area contributed by atoms with E-state index in [4.69, 9.17) is 0 Å². The van der Waals surface area contributed by atoms with Gasteiger partial charge in [-0.1, -0.05) is 20.0 Å². The highest BCUT2D eigenvalue weighted by Crippen LogP contribution is 2.49. The van der Waals surface area contributed by atoms with Crippen molar-refractivity contribution in [3.8, 4) is 0 Å². The number of rotatable bonds is 2. The van der Waals surface area contributed by atoms with Crippen LogP contribution in [0.25, 0.3) is 0 Å². The van der Waals surface area contributed by atoms with Crippen LogP contribution in [-0.2, 0) is 0 Å². The molecule has 0 aromatic carbocycles. The number of likely N-dealkylation sites (tertiary alicyclic amines) is 1. The van der Waals surface area contributed by atoms with Crippen molar-refractivity contribution in [2.24, 2.45) is 5.92 Å². The van der Waals surface area contributed by atoms with Crippen molar-refractivity contribution in [2.45, 2.75) is 56.3 Å². The van der Waals surface area contributed by atoms with Gasteiger partial charge in [0.2, 0.25) is 0 Å². The Morgan fingerprint density at radius 2 is 2.29 bits per heavy atom. The minimum absolute atomic E-state index is 0.0242. The van der Waals surface area contributed by atoms with E-state index in [0.29, 0.717) is 0 Å². The van der Waals surface area contributed by atoms with Gasteiger partial charge >= 0.3 is 0 Å². The van der Waals surface area contributed by atoms with Gasteiger partial charge in [-0.3, -0.25) is 0 Å². The lowest BCUT2D eigenvalue weighted by Crippen LogP contribution is -2.31. The average molecular weight is 253 g/mol. The third-order valence-electron chi connectivity index (χ3n) is 4.92. The van der Waals surface area contributed by atoms with Crippen molar-refractivity contribution in [3.05, 3.63) is 11.4 Å². The van der Waals surface area contributed by atoms with Crippen LogP contribution in [0, 0.1) is 5.92 Å². The number of hydrogen-bond donors (Lipinski definition) is 1. The third-order valence-corrected chi connectivity index (χ3v) is 6.58. The Morgan fingerprint density at radius 1 is 1.41 bits per heavy atom. The molecule has 0 spiro atoms. The summed E-state index contributed by atoms with van der Waals surface area (Å²) >= 11 is 0. The lowest BCUT2D eigenvalue weighted by molar-refractivity contribution is 0.112. The Morgan fingerprint density at radius 3 is 3.06 bits per heavy atom. The van der Waals surface area contributed by atoms with E-state index in [-0.39, 0.29) is 6.10 Å². The molecule has 2 nitrogen and oxygen atoms in total. The fourth-order valence-electron chi connectivity index (χ4n) is 3.80. The van der Waals surface area contributed by atoms with Gasteiger partial charge in [0.05, 0.1) is 6.10 Å². The molecule has 3 aliphatic rings. The molecule has 0 radical (unpaired) electrons. The van der Waals surface area contributed by atoms with Crippen LogP contribution < -0.4 is 0 Å². The molecular weight excluding hydrogens is 229 g/mol. The maximum absolute atomic E-state index is 9.85. The second-order valence-electron chi connectivity index (χ2n) is 6.05. The lowest BCUT2D eigenvalue weighted by Gasteiger charge is -2.32. The van der Waals surface area contributed by atoms with Crippen LogP contribution >= 0.6 is 8.58 Å². The zero-order valence-corrected chi connectivity index (χ0v) is 11.7. The van der Waals surface area contributed by atoms with Crippen LogP contribution in [0.15, 0.2) is 11.4 Å². The largest absolute Gasteiger partial charge is 0.393 e. The maximum atomic E-state index is 9.85. The fraction of sp³-hybridized carbons (Fsp3) is 0.857. The lowest BCUT2D eigenvalue weighted by atomic mass is 9.80. The zero-order valence-electron chi connectivity index (χ0n) is 10.7. The molecule has 96 valence electrons. The van der Waals surface area contributed by atoms with E-state index >= 15 is 0 Å². The van der Waals surface area contributed by atoms with Gasteiger partial charge in [0, 0.05) is 6.04 Å². The maximum Gasteiger partial charge on any atom is 0.0546 e. The first-order valence-electron chi connectivity index (χ1n) is 7.07. The Bertz CT molecular complexity index is 317. The molecule has 0 amide bonds. The molecule has 17 heavy (non-hydrogen) atoms. The Kier molecular flexibility index (Phi) is 3.57. The highest BCUT2D eigenvalue weighted by atomic mass is 31.1. The Balaban J connectivity index is 1.63. The summed E-state index contributed by atoms with van der Waals surface area (Å²) in [5.41, 5.74) is 2.57. The van der Waals surface area contributed by atoms with E-state index in [1.54, 1.807) is 5.57 Å². The second-order valence-corrected chi connectivity index (χ2v) is 7.41. The van der Waals surface area contributed by atoms with Gasteiger partial charge in [0.15, 0.2) is 0 Å². The molecular formula is C14H24NOP. The minimum atomic E-state index is -0.0242. The van der Waals surface area contributed by atoms with E-state index in [1.807, 2.05) is 0 Å². The average Bonchev–Trinajstić information content (AvgIpc) is 2.88. The zero-order chi connectivity index (χ0) is 11.8. The first-order valence-corrected chi connectivity index (χ1v) is 8.23. The molecule has 3 rings (SSSR count). The molecule has 3 heteroatoms. The predicted molar refractivity (Wildman–Crippen MR) is 73.8 cm³/mol. The van der Waals surface area contributed by atoms with Crippen molar-refractivity contribution in [3.63, 3.8) is 0 Å². The van der Waals surface area contributed by atoms with Crippen LogP contribution in [0.2, 0.25) is 0 Å². The molecule has 0 aromatic heterocycles. The highest BCUT2D eigenvalue weighted by molar-refractivity contribution is 7.43. The summed E-state index contributed by atoms with van der Waals surface area (Å²) in [4.78, 5) is 2.52. The first-order chi connectivity index (χ1) is 8.24. The molecule has 1 aliphatic carbocycles. The van der Waals surface area contributed by atoms with E-state index in [0.717, 1.165) is 39.0 Å². The summed E-state index contributed by atoms with van der Waals surface area (Å²) in [6.07, 6.45) is 7.33. The summed E-state index contributed by atoms with van der Waals surface area (Å²) in [6, 6.07) is 0.781. The van der Waals surface area contributed by atoms with Crippen LogP contribution in [0.3, 0.4) is 0 Å². The first kappa shape index (κ1) is 12.1. The molecule has 1 N–H and O–H groups in total. The number of hydrogen-bond acceptors (Lipinski definition) is 2. The molecule has 0 bridgehead atoms. The molecule has 0 aromatic rings. The van der Waals surface area contributed by atoms with Gasteiger partial charge < -0.3 is 10.0 Å². The molecule has 2 heterocycles. The van der Waals surface area contributed by atoms with Crippen LogP contribution in [0.4, 0.5) is 0 Å². The molecule has 1 saturated heterocycles. The van der Waals surface area contributed by atoms with Crippen molar-refractivity contribution in [1.29, 1.82) is 0 Å². The van der Waals surface area contributed by atoms with Crippen LogP contribution in [-0.4, -0.2) is 41.4 Å². The topological polar surface area (TPSA) is 23.5 Å². The van der Waals surface area contributed by atoms with E-state index in [1.165, 1.54) is 32.2 Å². The molecule has 5 unspecified atom stereocenters. The molecule has 1 saturated carbocycles. The van der Waals surface area contributed by atoms with Crippen molar-refractivity contribution in [1.82, 2.24) is 4.90 Å². The predicted octanol–water partition coefficient (Wildman–Crippen LogP) is 2.58. The van der Waals surface area contributed by atoms with Gasteiger partial charge in [0.25, 0.3) is 0 Å². The van der Waals surface area contributed by atoms with Crippen molar-refractivity contribution >= 4 is 8.58 Å². The van der Waals surface area contributed by atoms with Crippen molar-refractivity contribution in [2.75, 3.05) is 13.6 Å². The van der Waals surface area contributed by atoms with Gasteiger partial charge in [-0.15, -0.1) is 0 Å². The summed E-state index contributed by atoms with van der Waals surface area (Å²) in [6.45, 7) is 1.27. The third kappa shape index (κ3) is 2.45. The molecule has 2 aliphatic heterocycles. The quantitative estimate of drug-likeness (QED) is 0.765. The van der Waals surface area contributed by atoms with Gasteiger partial charge in [-0.2, -0.15) is 0 Å². The van der Waals surface area contributed by atoms with Gasteiger partial charge in [-0.25, -0.2) is 0 Å². The summed E-state index contributed by atoms with van der Waals surface area (Å²) in [7, 11) is 3.30. The highest BCUT2D eigenvalue weighted by Gasteiger charge is 2.36. The number of nitrogens with zero attached hydrogens (tertiary/aromatic N) is 1. The normalized spacial score (nSPS) is 44.0. The van der Waals surface area contributed by atoms with Crippen LogP contribution in [0.1, 0.15) is 38.5 Å². The van der Waals surface area contributed by atoms with E-state index < -0.39 is 0 Å². The summed E-state index contributed by atoms with van der Waals surface area (Å²) < 4.78 is 0. The Labute approximate surface area is 106 Å². The number of fused-ring (bicyclic) bond motifs is 1. The summed E-state index contributed by atoms with van der Waals surface area (Å²) in [5.74, 6) is 3.26. The van der Waals surface area contributed by atoms with Crippen molar-refractivity contribution < 1.29 is 5.11 Å². The molecule has 5 atom stereocenters. The second kappa shape index (κ2) is 4.99. The fourth-order valence-corrected chi connectivity index (χ4v) is 5.47. The Hall–Kier alpha value is 0.0900. The number of aliphatic hydroxyl groups excluding tert-OH is 1. The van der Waals surface area contributed by atoms with E-state index in [2.05, 4.69) is 17.8 Å². The number of aliphatic hydroxyl groups is 1. The summed E-state index contributed by atoms with van der Waals surface area (Å²) in [5, 5.41) is 9.85.